The lowest BCUT2D eigenvalue weighted by atomic mass is 10.3. The molecule has 0 unspecified atom stereocenters. The molecule has 20 heavy (non-hydrogen) atoms. The van der Waals surface area contributed by atoms with Gasteiger partial charge in [-0.05, 0) is 27.7 Å². The van der Waals surface area contributed by atoms with E-state index in [1.54, 1.807) is 4.57 Å². The van der Waals surface area contributed by atoms with Crippen LogP contribution in [0.5, 0.6) is 0 Å². The quantitative estimate of drug-likeness (QED) is 0.903. The van der Waals surface area contributed by atoms with Gasteiger partial charge >= 0.3 is 5.69 Å². The van der Waals surface area contributed by atoms with Crippen LogP contribution in [0, 0.1) is 0 Å². The first-order chi connectivity index (χ1) is 9.43. The number of nitrogens with zero attached hydrogens (tertiary/aromatic N) is 4. The number of imidazole rings is 1. The van der Waals surface area contributed by atoms with Crippen LogP contribution in [-0.2, 0) is 13.6 Å². The molecule has 0 fully saturated rings. The Morgan fingerprint density at radius 2 is 1.90 bits per heavy atom. The van der Waals surface area contributed by atoms with Gasteiger partial charge in [0.25, 0.3) is 5.56 Å². The van der Waals surface area contributed by atoms with E-state index in [1.165, 1.54) is 7.05 Å². The highest BCUT2D eigenvalue weighted by Crippen LogP contribution is 2.17. The van der Waals surface area contributed by atoms with Gasteiger partial charge in [-0.2, -0.15) is 4.98 Å². The standard InChI is InChI=1S/C13H21N5O2/c1-6-14-12-15-10-9(17(12)7-2)11(19)16(5)13(20)18(10)8(3)4/h8H,6-7H2,1-5H3,(H,14,15). The van der Waals surface area contributed by atoms with E-state index in [0.29, 0.717) is 30.2 Å². The summed E-state index contributed by atoms with van der Waals surface area (Å²) in [6.07, 6.45) is 0. The number of aromatic nitrogens is 4. The summed E-state index contributed by atoms with van der Waals surface area (Å²) < 4.78 is 4.52. The average Bonchev–Trinajstić information content (AvgIpc) is 2.74. The Balaban J connectivity index is 3.01. The number of rotatable bonds is 4. The van der Waals surface area contributed by atoms with Crippen LogP contribution in [0.1, 0.15) is 33.7 Å². The summed E-state index contributed by atoms with van der Waals surface area (Å²) in [5, 5.41) is 3.14. The lowest BCUT2D eigenvalue weighted by Gasteiger charge is -2.12. The lowest BCUT2D eigenvalue weighted by Crippen LogP contribution is -2.39. The second kappa shape index (κ2) is 5.15. The SMILES string of the molecule is CCNc1nc2c(c(=O)n(C)c(=O)n2C(C)C)n1CC. The van der Waals surface area contributed by atoms with Crippen LogP contribution in [0.15, 0.2) is 9.59 Å². The molecule has 0 bridgehead atoms. The molecule has 0 spiro atoms. The second-order valence-electron chi connectivity index (χ2n) is 4.99. The van der Waals surface area contributed by atoms with Crippen LogP contribution in [0.2, 0.25) is 0 Å². The molecule has 2 aromatic heterocycles. The Morgan fingerprint density at radius 3 is 2.40 bits per heavy atom. The first kappa shape index (κ1) is 14.4. The third-order valence-corrected chi connectivity index (χ3v) is 3.35. The van der Waals surface area contributed by atoms with Crippen molar-refractivity contribution >= 4 is 17.1 Å². The molecular formula is C13H21N5O2. The zero-order valence-electron chi connectivity index (χ0n) is 12.6. The summed E-state index contributed by atoms with van der Waals surface area (Å²) in [7, 11) is 1.50. The van der Waals surface area contributed by atoms with E-state index in [2.05, 4.69) is 10.3 Å². The van der Waals surface area contributed by atoms with Crippen molar-refractivity contribution in [3.05, 3.63) is 20.8 Å². The van der Waals surface area contributed by atoms with Gasteiger partial charge in [-0.25, -0.2) is 4.79 Å². The van der Waals surface area contributed by atoms with Gasteiger partial charge in [0.1, 0.15) is 0 Å². The topological polar surface area (TPSA) is 73.8 Å². The maximum Gasteiger partial charge on any atom is 0.332 e. The summed E-state index contributed by atoms with van der Waals surface area (Å²) in [6.45, 7) is 9.05. The van der Waals surface area contributed by atoms with Gasteiger partial charge in [0.05, 0.1) is 0 Å². The molecule has 0 amide bonds. The smallest absolute Gasteiger partial charge is 0.332 e. The van der Waals surface area contributed by atoms with Gasteiger partial charge in [0, 0.05) is 26.2 Å². The number of nitrogens with one attached hydrogen (secondary N) is 1. The van der Waals surface area contributed by atoms with E-state index in [1.807, 2.05) is 32.3 Å². The Morgan fingerprint density at radius 1 is 1.25 bits per heavy atom. The largest absolute Gasteiger partial charge is 0.356 e. The number of anilines is 1. The van der Waals surface area contributed by atoms with Crippen LogP contribution < -0.4 is 16.6 Å². The summed E-state index contributed by atoms with van der Waals surface area (Å²) >= 11 is 0. The predicted molar refractivity (Wildman–Crippen MR) is 79.5 cm³/mol. The fourth-order valence-corrected chi connectivity index (χ4v) is 2.38. The Labute approximate surface area is 116 Å². The summed E-state index contributed by atoms with van der Waals surface area (Å²) in [6, 6.07) is -0.0634. The van der Waals surface area contributed by atoms with Crippen molar-refractivity contribution in [1.82, 2.24) is 18.7 Å². The number of hydrogen-bond acceptors (Lipinski definition) is 4. The van der Waals surface area contributed by atoms with Gasteiger partial charge in [-0.1, -0.05) is 0 Å². The maximum atomic E-state index is 12.4. The van der Waals surface area contributed by atoms with Crippen LogP contribution in [0.4, 0.5) is 5.95 Å². The third-order valence-electron chi connectivity index (χ3n) is 3.35. The highest BCUT2D eigenvalue weighted by Gasteiger charge is 2.20. The van der Waals surface area contributed by atoms with Gasteiger partial charge < -0.3 is 9.88 Å². The summed E-state index contributed by atoms with van der Waals surface area (Å²) in [5.41, 5.74) is 0.284. The zero-order chi connectivity index (χ0) is 15.0. The molecular weight excluding hydrogens is 258 g/mol. The Hall–Kier alpha value is -2.05. The van der Waals surface area contributed by atoms with Gasteiger partial charge in [0.15, 0.2) is 11.2 Å². The van der Waals surface area contributed by atoms with E-state index in [0.717, 1.165) is 4.57 Å². The molecule has 0 aliphatic rings. The minimum absolute atomic E-state index is 0.0634. The van der Waals surface area contributed by atoms with E-state index >= 15 is 0 Å². The number of fused-ring (bicyclic) bond motifs is 1. The van der Waals surface area contributed by atoms with Crippen molar-refractivity contribution < 1.29 is 0 Å². The minimum Gasteiger partial charge on any atom is -0.356 e. The Kier molecular flexibility index (Phi) is 3.69. The third kappa shape index (κ3) is 1.93. The minimum atomic E-state index is -0.332. The van der Waals surface area contributed by atoms with Gasteiger partial charge in [-0.15, -0.1) is 0 Å². The monoisotopic (exact) mass is 279 g/mol. The number of aryl methyl sites for hydroxylation is 1. The molecule has 0 aliphatic heterocycles. The first-order valence-electron chi connectivity index (χ1n) is 6.89. The maximum absolute atomic E-state index is 12.4. The van der Waals surface area contributed by atoms with Crippen molar-refractivity contribution in [2.24, 2.45) is 7.05 Å². The van der Waals surface area contributed by atoms with Crippen molar-refractivity contribution in [3.8, 4) is 0 Å². The first-order valence-corrected chi connectivity index (χ1v) is 6.89. The van der Waals surface area contributed by atoms with Crippen LogP contribution >= 0.6 is 0 Å². The van der Waals surface area contributed by atoms with Crippen molar-refractivity contribution in [3.63, 3.8) is 0 Å². The van der Waals surface area contributed by atoms with E-state index in [4.69, 9.17) is 0 Å². The van der Waals surface area contributed by atoms with E-state index in [-0.39, 0.29) is 17.3 Å². The normalized spacial score (nSPS) is 11.5. The second-order valence-corrected chi connectivity index (χ2v) is 4.99. The molecule has 0 aliphatic carbocycles. The molecule has 2 aromatic rings. The summed E-state index contributed by atoms with van der Waals surface area (Å²) in [5.74, 6) is 0.627. The molecule has 110 valence electrons. The van der Waals surface area contributed by atoms with E-state index in [9.17, 15) is 9.59 Å². The van der Waals surface area contributed by atoms with Crippen LogP contribution in [0.3, 0.4) is 0 Å². The van der Waals surface area contributed by atoms with Crippen molar-refractivity contribution in [1.29, 1.82) is 0 Å². The molecule has 0 radical (unpaired) electrons. The van der Waals surface area contributed by atoms with Crippen molar-refractivity contribution in [2.75, 3.05) is 11.9 Å². The van der Waals surface area contributed by atoms with Crippen LogP contribution in [0.25, 0.3) is 11.2 Å². The highest BCUT2D eigenvalue weighted by atomic mass is 16.2. The molecule has 2 heterocycles. The fourth-order valence-electron chi connectivity index (χ4n) is 2.38. The van der Waals surface area contributed by atoms with Gasteiger partial charge in [0.2, 0.25) is 5.95 Å². The Bertz CT molecular complexity index is 751. The molecule has 2 rings (SSSR count). The molecule has 1 N–H and O–H groups in total. The predicted octanol–water partition coefficient (Wildman–Crippen LogP) is 0.929. The zero-order valence-corrected chi connectivity index (χ0v) is 12.6. The molecule has 0 atom stereocenters. The lowest BCUT2D eigenvalue weighted by molar-refractivity contribution is 0.551. The molecule has 0 saturated carbocycles. The van der Waals surface area contributed by atoms with Crippen molar-refractivity contribution in [2.45, 2.75) is 40.3 Å². The average molecular weight is 279 g/mol. The van der Waals surface area contributed by atoms with E-state index < -0.39 is 0 Å². The fraction of sp³-hybridized carbons (Fsp3) is 0.615. The molecule has 7 heteroatoms. The van der Waals surface area contributed by atoms with Gasteiger partial charge in [-0.3, -0.25) is 13.9 Å². The van der Waals surface area contributed by atoms with Crippen LogP contribution in [-0.4, -0.2) is 25.2 Å². The molecule has 0 saturated heterocycles. The highest BCUT2D eigenvalue weighted by molar-refractivity contribution is 5.74. The summed E-state index contributed by atoms with van der Waals surface area (Å²) in [4.78, 5) is 29.1. The molecule has 0 aromatic carbocycles. The molecule has 7 nitrogen and oxygen atoms in total. The number of hydrogen-bond donors (Lipinski definition) is 1.